The Kier molecular flexibility index (Phi) is 3.89. The summed E-state index contributed by atoms with van der Waals surface area (Å²) in [7, 11) is 0. The van der Waals surface area contributed by atoms with E-state index in [-0.39, 0.29) is 6.04 Å². The van der Waals surface area contributed by atoms with Crippen LogP contribution in [0.25, 0.3) is 5.70 Å². The van der Waals surface area contributed by atoms with Gasteiger partial charge in [0.05, 0.1) is 6.04 Å². The predicted octanol–water partition coefficient (Wildman–Crippen LogP) is 3.38. The third kappa shape index (κ3) is 2.57. The van der Waals surface area contributed by atoms with E-state index >= 15 is 0 Å². The van der Waals surface area contributed by atoms with E-state index in [0.717, 1.165) is 35.2 Å². The van der Waals surface area contributed by atoms with Crippen LogP contribution in [0.4, 0.5) is 0 Å². The Morgan fingerprint density at radius 3 is 2.70 bits per heavy atom. The molecule has 0 aliphatic carbocycles. The molecule has 1 aliphatic rings. The number of phenols is 1. The number of rotatable bonds is 5. The number of hydrogen-bond acceptors (Lipinski definition) is 3. The normalized spacial score (nSPS) is 15.1. The summed E-state index contributed by atoms with van der Waals surface area (Å²) in [6, 6.07) is 5.54. The number of allylic oxidation sites excluding steroid dienone is 1. The van der Waals surface area contributed by atoms with Crippen LogP contribution in [0.3, 0.4) is 0 Å². The molecular weight excluding hydrogens is 248 g/mol. The zero-order valence-corrected chi connectivity index (χ0v) is 12.0. The maximum absolute atomic E-state index is 9.97. The minimum atomic E-state index is 0.0194. The van der Waals surface area contributed by atoms with Gasteiger partial charge in [-0.05, 0) is 25.8 Å². The van der Waals surface area contributed by atoms with Crippen LogP contribution in [-0.2, 0) is 6.54 Å². The molecule has 1 aromatic rings. The highest BCUT2D eigenvalue weighted by atomic mass is 16.3. The highest BCUT2D eigenvalue weighted by Gasteiger charge is 2.30. The van der Waals surface area contributed by atoms with Crippen molar-refractivity contribution in [1.82, 2.24) is 4.90 Å². The summed E-state index contributed by atoms with van der Waals surface area (Å²) in [6.07, 6.45) is 1.76. The lowest BCUT2D eigenvalue weighted by molar-refractivity contribution is 0.314. The second-order valence-corrected chi connectivity index (χ2v) is 5.46. The standard InChI is InChI=1S/C17H22N2O/c1-11(2)8-9-16(12(3)18)19-10-15-14(13(19)4)6-5-7-17(15)20/h5-7,16,20H,1,3-4,8-10,18H2,2H3/t16-/m0/s1. The van der Waals surface area contributed by atoms with E-state index in [1.807, 2.05) is 19.1 Å². The summed E-state index contributed by atoms with van der Waals surface area (Å²) >= 11 is 0. The van der Waals surface area contributed by atoms with E-state index in [4.69, 9.17) is 5.73 Å². The van der Waals surface area contributed by atoms with Gasteiger partial charge >= 0.3 is 0 Å². The van der Waals surface area contributed by atoms with Crippen LogP contribution in [0, 0.1) is 0 Å². The molecule has 0 saturated heterocycles. The Hall–Kier alpha value is -2.16. The van der Waals surface area contributed by atoms with Gasteiger partial charge in [0.25, 0.3) is 0 Å². The zero-order valence-electron chi connectivity index (χ0n) is 12.0. The Morgan fingerprint density at radius 1 is 1.45 bits per heavy atom. The van der Waals surface area contributed by atoms with Gasteiger partial charge in [0, 0.05) is 29.1 Å². The highest BCUT2D eigenvalue weighted by Crippen LogP contribution is 2.39. The summed E-state index contributed by atoms with van der Waals surface area (Å²) < 4.78 is 0. The van der Waals surface area contributed by atoms with E-state index in [0.29, 0.717) is 18.0 Å². The van der Waals surface area contributed by atoms with Crippen LogP contribution in [0.1, 0.15) is 30.9 Å². The molecule has 3 nitrogen and oxygen atoms in total. The monoisotopic (exact) mass is 270 g/mol. The number of nitrogens with zero attached hydrogens (tertiary/aromatic N) is 1. The molecule has 3 heteroatoms. The van der Waals surface area contributed by atoms with Crippen molar-refractivity contribution in [3.05, 3.63) is 60.3 Å². The first kappa shape index (κ1) is 14.3. The molecule has 1 aliphatic heterocycles. The second-order valence-electron chi connectivity index (χ2n) is 5.46. The topological polar surface area (TPSA) is 49.5 Å². The molecule has 0 aromatic heterocycles. The van der Waals surface area contributed by atoms with Crippen molar-refractivity contribution in [1.29, 1.82) is 0 Å². The van der Waals surface area contributed by atoms with Gasteiger partial charge in [0.2, 0.25) is 0 Å². The van der Waals surface area contributed by atoms with E-state index < -0.39 is 0 Å². The third-order valence-electron chi connectivity index (χ3n) is 3.79. The zero-order chi connectivity index (χ0) is 14.9. The number of aromatic hydroxyl groups is 1. The van der Waals surface area contributed by atoms with Crippen molar-refractivity contribution < 1.29 is 5.11 Å². The van der Waals surface area contributed by atoms with Crippen LogP contribution in [0.15, 0.2) is 49.2 Å². The minimum Gasteiger partial charge on any atom is -0.508 e. The largest absolute Gasteiger partial charge is 0.508 e. The molecule has 3 N–H and O–H groups in total. The fourth-order valence-corrected chi connectivity index (χ4v) is 2.65. The first-order valence-corrected chi connectivity index (χ1v) is 6.77. The summed E-state index contributed by atoms with van der Waals surface area (Å²) in [5.41, 5.74) is 10.5. The molecule has 0 spiro atoms. The van der Waals surface area contributed by atoms with Crippen molar-refractivity contribution in [2.75, 3.05) is 0 Å². The average Bonchev–Trinajstić information content (AvgIpc) is 2.69. The van der Waals surface area contributed by atoms with Crippen LogP contribution in [0.2, 0.25) is 0 Å². The maximum atomic E-state index is 9.97. The van der Waals surface area contributed by atoms with Crippen molar-refractivity contribution >= 4 is 5.70 Å². The summed E-state index contributed by atoms with van der Waals surface area (Å²) in [4.78, 5) is 2.12. The summed E-state index contributed by atoms with van der Waals surface area (Å²) in [6.45, 7) is 14.6. The molecule has 20 heavy (non-hydrogen) atoms. The average molecular weight is 270 g/mol. The van der Waals surface area contributed by atoms with Crippen molar-refractivity contribution in [2.24, 2.45) is 5.73 Å². The molecule has 0 amide bonds. The molecule has 1 atom stereocenters. The number of hydrogen-bond donors (Lipinski definition) is 2. The van der Waals surface area contributed by atoms with Gasteiger partial charge in [0.1, 0.15) is 5.75 Å². The number of nitrogens with two attached hydrogens (primary N) is 1. The smallest absolute Gasteiger partial charge is 0.121 e. The lowest BCUT2D eigenvalue weighted by atomic mass is 10.0. The Labute approximate surface area is 120 Å². The van der Waals surface area contributed by atoms with Gasteiger partial charge in [-0.3, -0.25) is 0 Å². The lowest BCUT2D eigenvalue weighted by Gasteiger charge is -2.30. The fraction of sp³-hybridized carbons (Fsp3) is 0.294. The van der Waals surface area contributed by atoms with E-state index in [1.165, 1.54) is 0 Å². The van der Waals surface area contributed by atoms with Crippen molar-refractivity contribution in [3.63, 3.8) is 0 Å². The van der Waals surface area contributed by atoms with Gasteiger partial charge in [-0.15, -0.1) is 6.58 Å². The number of phenolic OH excluding ortho intramolecular Hbond substituents is 1. The van der Waals surface area contributed by atoms with Gasteiger partial charge in [-0.2, -0.15) is 0 Å². The van der Waals surface area contributed by atoms with E-state index in [2.05, 4.69) is 24.6 Å². The molecule has 0 unspecified atom stereocenters. The summed E-state index contributed by atoms with van der Waals surface area (Å²) in [5.74, 6) is 0.312. The molecule has 2 rings (SSSR count). The maximum Gasteiger partial charge on any atom is 0.121 e. The SMILES string of the molecule is C=C(C)CC[C@@H](C(=C)N)N1Cc2c(O)cccc2C1=C. The van der Waals surface area contributed by atoms with Gasteiger partial charge in [0.15, 0.2) is 0 Å². The molecule has 0 saturated carbocycles. The van der Waals surface area contributed by atoms with Crippen LogP contribution in [-0.4, -0.2) is 16.0 Å². The Morgan fingerprint density at radius 2 is 2.15 bits per heavy atom. The summed E-state index contributed by atoms with van der Waals surface area (Å²) in [5, 5.41) is 9.97. The highest BCUT2D eigenvalue weighted by molar-refractivity contribution is 5.71. The quantitative estimate of drug-likeness (QED) is 0.806. The fourth-order valence-electron chi connectivity index (χ4n) is 2.65. The van der Waals surface area contributed by atoms with Crippen LogP contribution >= 0.6 is 0 Å². The van der Waals surface area contributed by atoms with Crippen LogP contribution < -0.4 is 5.73 Å². The molecule has 0 bridgehead atoms. The minimum absolute atomic E-state index is 0.0194. The number of fused-ring (bicyclic) bond motifs is 1. The Bertz CT molecular complexity index is 574. The first-order chi connectivity index (χ1) is 9.41. The molecular formula is C17H22N2O. The molecule has 1 heterocycles. The number of benzene rings is 1. The van der Waals surface area contributed by atoms with Gasteiger partial charge in [-0.1, -0.05) is 30.9 Å². The van der Waals surface area contributed by atoms with Gasteiger partial charge < -0.3 is 15.7 Å². The molecule has 106 valence electrons. The third-order valence-corrected chi connectivity index (χ3v) is 3.79. The predicted molar refractivity (Wildman–Crippen MR) is 83.8 cm³/mol. The van der Waals surface area contributed by atoms with Crippen molar-refractivity contribution in [2.45, 2.75) is 32.4 Å². The van der Waals surface area contributed by atoms with Gasteiger partial charge in [-0.25, -0.2) is 0 Å². The Balaban J connectivity index is 2.25. The first-order valence-electron chi connectivity index (χ1n) is 6.77. The molecule has 0 fully saturated rings. The lowest BCUT2D eigenvalue weighted by Crippen LogP contribution is -2.34. The second kappa shape index (κ2) is 5.45. The molecule has 0 radical (unpaired) electrons. The van der Waals surface area contributed by atoms with Crippen LogP contribution in [0.5, 0.6) is 5.75 Å². The van der Waals surface area contributed by atoms with E-state index in [1.54, 1.807) is 6.07 Å². The molecule has 1 aromatic carbocycles. The van der Waals surface area contributed by atoms with Crippen molar-refractivity contribution in [3.8, 4) is 5.75 Å². The van der Waals surface area contributed by atoms with E-state index in [9.17, 15) is 5.11 Å².